The van der Waals surface area contributed by atoms with Crippen LogP contribution in [-0.2, 0) is 24.5 Å². The Morgan fingerprint density at radius 3 is 2.48 bits per heavy atom. The number of benzene rings is 1. The van der Waals surface area contributed by atoms with E-state index in [4.69, 9.17) is 0 Å². The molecule has 0 aromatic heterocycles. The molecule has 0 fully saturated rings. The SMILES string of the molecule is COC(=O)C1=CN(CC(=O)Nc2ccc(C)c(C)c2)S(=O)(=O)N=C1C. The Kier molecular flexibility index (Phi) is 5.27. The van der Waals surface area contributed by atoms with Crippen LogP contribution in [-0.4, -0.2) is 44.0 Å². The zero-order chi connectivity index (χ0) is 18.8. The Labute approximate surface area is 146 Å². The number of hydrogen-bond donors (Lipinski definition) is 1. The molecule has 134 valence electrons. The summed E-state index contributed by atoms with van der Waals surface area (Å²) in [7, 11) is -2.90. The fourth-order valence-electron chi connectivity index (χ4n) is 2.18. The number of nitrogens with zero attached hydrogens (tertiary/aromatic N) is 2. The molecule has 2 rings (SSSR count). The van der Waals surface area contributed by atoms with Gasteiger partial charge in [-0.3, -0.25) is 4.79 Å². The van der Waals surface area contributed by atoms with Gasteiger partial charge in [0.15, 0.2) is 0 Å². The number of aryl methyl sites for hydroxylation is 2. The van der Waals surface area contributed by atoms with Gasteiger partial charge in [-0.25, -0.2) is 9.10 Å². The number of esters is 1. The first-order chi connectivity index (χ1) is 11.6. The highest BCUT2D eigenvalue weighted by Gasteiger charge is 2.29. The Hall–Kier alpha value is -2.68. The van der Waals surface area contributed by atoms with E-state index >= 15 is 0 Å². The van der Waals surface area contributed by atoms with Crippen LogP contribution in [0.5, 0.6) is 0 Å². The zero-order valence-corrected chi connectivity index (χ0v) is 15.2. The second-order valence-corrected chi connectivity index (χ2v) is 7.13. The van der Waals surface area contributed by atoms with E-state index in [9.17, 15) is 18.0 Å². The molecule has 0 atom stereocenters. The van der Waals surface area contributed by atoms with Crippen LogP contribution < -0.4 is 5.32 Å². The number of rotatable bonds is 4. The Morgan fingerprint density at radius 2 is 1.88 bits per heavy atom. The van der Waals surface area contributed by atoms with Crippen molar-refractivity contribution >= 4 is 33.5 Å². The quantitative estimate of drug-likeness (QED) is 0.810. The Balaban J connectivity index is 2.19. The summed E-state index contributed by atoms with van der Waals surface area (Å²) in [5, 5.41) is 2.63. The van der Waals surface area contributed by atoms with Crippen molar-refractivity contribution in [2.24, 2.45) is 4.40 Å². The molecule has 1 aliphatic heterocycles. The molecule has 1 aromatic rings. The first-order valence-electron chi connectivity index (χ1n) is 7.40. The van der Waals surface area contributed by atoms with Gasteiger partial charge in [0.25, 0.3) is 0 Å². The van der Waals surface area contributed by atoms with Crippen molar-refractivity contribution in [1.29, 1.82) is 0 Å². The van der Waals surface area contributed by atoms with Gasteiger partial charge in [-0.05, 0) is 44.0 Å². The summed E-state index contributed by atoms with van der Waals surface area (Å²) in [6, 6.07) is 5.37. The molecule has 1 amide bonds. The number of anilines is 1. The molecule has 0 spiro atoms. The summed E-state index contributed by atoms with van der Waals surface area (Å²) in [6.45, 7) is 4.73. The molecule has 0 bridgehead atoms. The molecule has 8 nitrogen and oxygen atoms in total. The third-order valence-electron chi connectivity index (χ3n) is 3.71. The number of carbonyl (C=O) groups is 2. The molecule has 1 heterocycles. The summed E-state index contributed by atoms with van der Waals surface area (Å²) >= 11 is 0. The summed E-state index contributed by atoms with van der Waals surface area (Å²) in [5.74, 6) is -1.28. The third kappa shape index (κ3) is 4.24. The van der Waals surface area contributed by atoms with Crippen LogP contribution in [0.3, 0.4) is 0 Å². The van der Waals surface area contributed by atoms with Gasteiger partial charge in [-0.1, -0.05) is 6.07 Å². The van der Waals surface area contributed by atoms with E-state index in [0.29, 0.717) is 9.99 Å². The number of hydrogen-bond acceptors (Lipinski definition) is 5. The standard InChI is InChI=1S/C16H19N3O5S/c1-10-5-6-13(7-11(10)2)17-15(20)9-19-8-14(16(21)24-4)12(3)18-25(19,22)23/h5-8H,9H2,1-4H3,(H,17,20). The molecule has 0 saturated carbocycles. The fraction of sp³-hybridized carbons (Fsp3) is 0.312. The highest BCUT2D eigenvalue weighted by Crippen LogP contribution is 2.18. The van der Waals surface area contributed by atoms with Gasteiger partial charge in [0.2, 0.25) is 5.91 Å². The number of carbonyl (C=O) groups excluding carboxylic acids is 2. The first-order valence-corrected chi connectivity index (χ1v) is 8.79. The molecule has 0 radical (unpaired) electrons. The van der Waals surface area contributed by atoms with E-state index < -0.39 is 28.6 Å². The van der Waals surface area contributed by atoms with Crippen molar-refractivity contribution in [1.82, 2.24) is 4.31 Å². The lowest BCUT2D eigenvalue weighted by Crippen LogP contribution is -2.37. The van der Waals surface area contributed by atoms with Gasteiger partial charge in [-0.15, -0.1) is 4.40 Å². The maximum atomic E-state index is 12.2. The lowest BCUT2D eigenvalue weighted by molar-refractivity contribution is -0.135. The minimum absolute atomic E-state index is 0.0117. The van der Waals surface area contributed by atoms with Crippen LogP contribution in [0.2, 0.25) is 0 Å². The monoisotopic (exact) mass is 365 g/mol. The van der Waals surface area contributed by atoms with Gasteiger partial charge in [-0.2, -0.15) is 8.42 Å². The minimum atomic E-state index is -4.07. The lowest BCUT2D eigenvalue weighted by Gasteiger charge is -2.22. The molecule has 25 heavy (non-hydrogen) atoms. The second-order valence-electron chi connectivity index (χ2n) is 5.58. The smallest absolute Gasteiger partial charge is 0.344 e. The van der Waals surface area contributed by atoms with Crippen molar-refractivity contribution in [3.63, 3.8) is 0 Å². The van der Waals surface area contributed by atoms with Crippen LogP contribution in [0.1, 0.15) is 18.1 Å². The maximum Gasteiger partial charge on any atom is 0.344 e. The van der Waals surface area contributed by atoms with Crippen molar-refractivity contribution < 1.29 is 22.7 Å². The van der Waals surface area contributed by atoms with Crippen LogP contribution in [0.4, 0.5) is 5.69 Å². The van der Waals surface area contributed by atoms with E-state index in [1.54, 1.807) is 12.1 Å². The molecule has 0 aliphatic carbocycles. The van der Waals surface area contributed by atoms with Crippen LogP contribution in [0.15, 0.2) is 34.4 Å². The van der Waals surface area contributed by atoms with Crippen molar-refractivity contribution in [3.05, 3.63) is 41.1 Å². The van der Waals surface area contributed by atoms with Gasteiger partial charge >= 0.3 is 16.2 Å². The predicted molar refractivity (Wildman–Crippen MR) is 93.4 cm³/mol. The average Bonchev–Trinajstić information content (AvgIpc) is 2.52. The lowest BCUT2D eigenvalue weighted by atomic mass is 10.1. The molecule has 1 N–H and O–H groups in total. The molecule has 1 aliphatic rings. The van der Waals surface area contributed by atoms with E-state index in [0.717, 1.165) is 17.3 Å². The Morgan fingerprint density at radius 1 is 1.20 bits per heavy atom. The summed E-state index contributed by atoms with van der Waals surface area (Å²) in [5.41, 5.74) is 2.62. The summed E-state index contributed by atoms with van der Waals surface area (Å²) < 4.78 is 33.0. The molecule has 0 unspecified atom stereocenters. The summed E-state index contributed by atoms with van der Waals surface area (Å²) in [4.78, 5) is 23.9. The largest absolute Gasteiger partial charge is 0.465 e. The molecular formula is C16H19N3O5S. The predicted octanol–water partition coefficient (Wildman–Crippen LogP) is 1.32. The van der Waals surface area contributed by atoms with Crippen molar-refractivity contribution in [2.75, 3.05) is 19.0 Å². The van der Waals surface area contributed by atoms with Gasteiger partial charge in [0.05, 0.1) is 18.4 Å². The third-order valence-corrected chi connectivity index (χ3v) is 5.04. The average molecular weight is 365 g/mol. The number of ether oxygens (including phenoxy) is 1. The highest BCUT2D eigenvalue weighted by atomic mass is 32.2. The number of methoxy groups -OCH3 is 1. The maximum absolute atomic E-state index is 12.2. The minimum Gasteiger partial charge on any atom is -0.465 e. The number of amides is 1. The van der Waals surface area contributed by atoms with Crippen LogP contribution in [0, 0.1) is 13.8 Å². The van der Waals surface area contributed by atoms with Gasteiger partial charge in [0.1, 0.15) is 6.54 Å². The fourth-order valence-corrected chi connectivity index (χ4v) is 3.25. The van der Waals surface area contributed by atoms with Crippen LogP contribution >= 0.6 is 0 Å². The van der Waals surface area contributed by atoms with E-state index in [2.05, 4.69) is 14.5 Å². The summed E-state index contributed by atoms with van der Waals surface area (Å²) in [6.07, 6.45) is 1.06. The topological polar surface area (TPSA) is 105 Å². The van der Waals surface area contributed by atoms with Gasteiger partial charge < -0.3 is 10.1 Å². The first kappa shape index (κ1) is 18.7. The van der Waals surface area contributed by atoms with Crippen molar-refractivity contribution in [3.8, 4) is 0 Å². The molecule has 9 heteroatoms. The second kappa shape index (κ2) is 7.06. The zero-order valence-electron chi connectivity index (χ0n) is 14.4. The van der Waals surface area contributed by atoms with E-state index in [1.165, 1.54) is 14.0 Å². The molecule has 1 aromatic carbocycles. The van der Waals surface area contributed by atoms with Gasteiger partial charge in [0, 0.05) is 11.9 Å². The normalized spacial score (nSPS) is 15.9. The van der Waals surface area contributed by atoms with E-state index in [1.807, 2.05) is 19.9 Å². The Bertz CT molecular complexity index is 887. The van der Waals surface area contributed by atoms with E-state index in [-0.39, 0.29) is 11.3 Å². The molecular weight excluding hydrogens is 346 g/mol. The van der Waals surface area contributed by atoms with Crippen molar-refractivity contribution in [2.45, 2.75) is 20.8 Å². The highest BCUT2D eigenvalue weighted by molar-refractivity contribution is 7.88. The number of nitrogens with one attached hydrogen (secondary N) is 1. The van der Waals surface area contributed by atoms with Crippen LogP contribution in [0.25, 0.3) is 0 Å². The molecule has 0 saturated heterocycles.